The molecule has 1 aromatic carbocycles. The number of rotatable bonds is 5. The SMILES string of the molecule is CC(=O)NCCc1cnc(/N=N/c2ccc(Br)cc2)[nH]1. The molecular formula is C13H14BrN5O. The number of H-pyrrole nitrogens is 1. The number of imidazole rings is 1. The van der Waals surface area contributed by atoms with Gasteiger partial charge in [-0.1, -0.05) is 15.9 Å². The van der Waals surface area contributed by atoms with Crippen LogP contribution in [0.15, 0.2) is 45.2 Å². The molecule has 0 saturated carbocycles. The average molecular weight is 336 g/mol. The number of aromatic nitrogens is 2. The number of nitrogens with zero attached hydrogens (tertiary/aromatic N) is 3. The molecule has 2 rings (SSSR count). The Morgan fingerprint density at radius 2 is 2.10 bits per heavy atom. The zero-order chi connectivity index (χ0) is 14.4. The number of azo groups is 1. The van der Waals surface area contributed by atoms with Gasteiger partial charge in [0.1, 0.15) is 0 Å². The smallest absolute Gasteiger partial charge is 0.246 e. The first kappa shape index (κ1) is 14.4. The Bertz CT molecular complexity index is 605. The van der Waals surface area contributed by atoms with E-state index in [1.165, 1.54) is 6.92 Å². The molecule has 1 aromatic heterocycles. The highest BCUT2D eigenvalue weighted by molar-refractivity contribution is 9.10. The number of carbonyl (C=O) groups is 1. The number of carbonyl (C=O) groups excluding carboxylic acids is 1. The van der Waals surface area contributed by atoms with Crippen LogP contribution >= 0.6 is 15.9 Å². The summed E-state index contributed by atoms with van der Waals surface area (Å²) in [7, 11) is 0. The van der Waals surface area contributed by atoms with E-state index in [0.717, 1.165) is 15.9 Å². The van der Waals surface area contributed by atoms with E-state index in [1.54, 1.807) is 6.20 Å². The van der Waals surface area contributed by atoms with Gasteiger partial charge in [0.15, 0.2) is 0 Å². The molecule has 7 heteroatoms. The largest absolute Gasteiger partial charge is 0.356 e. The molecule has 0 atom stereocenters. The number of aromatic amines is 1. The zero-order valence-electron chi connectivity index (χ0n) is 10.9. The quantitative estimate of drug-likeness (QED) is 0.822. The van der Waals surface area contributed by atoms with E-state index in [0.29, 0.717) is 18.9 Å². The van der Waals surface area contributed by atoms with Crippen LogP contribution < -0.4 is 5.32 Å². The second-order valence-corrected chi connectivity index (χ2v) is 5.06. The number of hydrogen-bond donors (Lipinski definition) is 2. The first-order valence-electron chi connectivity index (χ1n) is 6.09. The van der Waals surface area contributed by atoms with Crippen molar-refractivity contribution in [2.75, 3.05) is 6.54 Å². The third kappa shape index (κ3) is 4.58. The van der Waals surface area contributed by atoms with E-state index in [4.69, 9.17) is 0 Å². The van der Waals surface area contributed by atoms with Gasteiger partial charge in [-0.3, -0.25) is 4.79 Å². The van der Waals surface area contributed by atoms with Gasteiger partial charge in [0.25, 0.3) is 0 Å². The van der Waals surface area contributed by atoms with Crippen LogP contribution in [0.1, 0.15) is 12.6 Å². The summed E-state index contributed by atoms with van der Waals surface area (Å²) in [6.07, 6.45) is 2.37. The zero-order valence-corrected chi connectivity index (χ0v) is 12.5. The fraction of sp³-hybridized carbons (Fsp3) is 0.231. The van der Waals surface area contributed by atoms with E-state index in [9.17, 15) is 4.79 Å². The molecular weight excluding hydrogens is 322 g/mol. The van der Waals surface area contributed by atoms with Crippen molar-refractivity contribution < 1.29 is 4.79 Å². The number of amides is 1. The summed E-state index contributed by atoms with van der Waals surface area (Å²) in [6.45, 7) is 2.06. The van der Waals surface area contributed by atoms with E-state index in [1.807, 2.05) is 24.3 Å². The van der Waals surface area contributed by atoms with Crippen molar-refractivity contribution in [3.63, 3.8) is 0 Å². The maximum atomic E-state index is 10.7. The van der Waals surface area contributed by atoms with Crippen LogP contribution in [0, 0.1) is 0 Å². The van der Waals surface area contributed by atoms with Crippen molar-refractivity contribution in [2.45, 2.75) is 13.3 Å². The first-order valence-corrected chi connectivity index (χ1v) is 6.88. The Morgan fingerprint density at radius 1 is 1.35 bits per heavy atom. The monoisotopic (exact) mass is 335 g/mol. The van der Waals surface area contributed by atoms with Crippen molar-refractivity contribution in [2.24, 2.45) is 10.2 Å². The van der Waals surface area contributed by atoms with Crippen LogP contribution in [0.3, 0.4) is 0 Å². The predicted octanol–water partition coefficient (Wildman–Crippen LogP) is 3.27. The Hall–Kier alpha value is -2.02. The minimum absolute atomic E-state index is 0.0420. The fourth-order valence-electron chi connectivity index (χ4n) is 1.51. The topological polar surface area (TPSA) is 82.5 Å². The highest BCUT2D eigenvalue weighted by Gasteiger charge is 2.00. The Morgan fingerprint density at radius 3 is 2.80 bits per heavy atom. The standard InChI is InChI=1S/C13H14BrN5O/c1-9(20)15-7-6-12-8-16-13(17-12)19-18-11-4-2-10(14)3-5-11/h2-5,8H,6-7H2,1H3,(H,15,20)(H,16,17)/b19-18+. The van der Waals surface area contributed by atoms with Gasteiger partial charge in [-0.25, -0.2) is 4.98 Å². The van der Waals surface area contributed by atoms with Crippen LogP contribution in [-0.2, 0) is 11.2 Å². The van der Waals surface area contributed by atoms with E-state index >= 15 is 0 Å². The molecule has 0 saturated heterocycles. The minimum Gasteiger partial charge on any atom is -0.356 e. The summed E-state index contributed by atoms with van der Waals surface area (Å²) in [5.41, 5.74) is 1.66. The molecule has 1 amide bonds. The lowest BCUT2D eigenvalue weighted by Crippen LogP contribution is -2.22. The summed E-state index contributed by atoms with van der Waals surface area (Å²) in [6, 6.07) is 7.51. The Labute approximate surface area is 124 Å². The summed E-state index contributed by atoms with van der Waals surface area (Å²) >= 11 is 3.36. The lowest BCUT2D eigenvalue weighted by molar-refractivity contribution is -0.118. The molecule has 1 heterocycles. The molecule has 0 fully saturated rings. The highest BCUT2D eigenvalue weighted by Crippen LogP contribution is 2.18. The van der Waals surface area contributed by atoms with Crippen LogP contribution in [0.2, 0.25) is 0 Å². The van der Waals surface area contributed by atoms with Gasteiger partial charge in [0.05, 0.1) is 11.9 Å². The van der Waals surface area contributed by atoms with Crippen molar-refractivity contribution >= 4 is 33.5 Å². The van der Waals surface area contributed by atoms with E-state index < -0.39 is 0 Å². The summed E-state index contributed by atoms with van der Waals surface area (Å²) < 4.78 is 0.995. The molecule has 0 aliphatic rings. The molecule has 0 bridgehead atoms. The van der Waals surface area contributed by atoms with Gasteiger partial charge >= 0.3 is 0 Å². The molecule has 2 N–H and O–H groups in total. The third-order valence-corrected chi connectivity index (χ3v) is 3.00. The second kappa shape index (κ2) is 6.95. The number of benzene rings is 1. The summed E-state index contributed by atoms with van der Waals surface area (Å²) in [5.74, 6) is 0.408. The maximum absolute atomic E-state index is 10.7. The third-order valence-electron chi connectivity index (χ3n) is 2.47. The van der Waals surface area contributed by atoms with E-state index in [2.05, 4.69) is 41.4 Å². The second-order valence-electron chi connectivity index (χ2n) is 4.14. The Kier molecular flexibility index (Phi) is 5.00. The van der Waals surface area contributed by atoms with Gasteiger partial charge in [0.2, 0.25) is 11.9 Å². The molecule has 0 unspecified atom stereocenters. The van der Waals surface area contributed by atoms with Crippen LogP contribution in [-0.4, -0.2) is 22.4 Å². The molecule has 0 aliphatic heterocycles. The van der Waals surface area contributed by atoms with E-state index in [-0.39, 0.29) is 5.91 Å². The normalized spacial score (nSPS) is 10.9. The average Bonchev–Trinajstić information content (AvgIpc) is 2.86. The first-order chi connectivity index (χ1) is 9.63. The summed E-state index contributed by atoms with van der Waals surface area (Å²) in [4.78, 5) is 17.9. The molecule has 0 radical (unpaired) electrons. The van der Waals surface area contributed by atoms with Crippen LogP contribution in [0.25, 0.3) is 0 Å². The number of nitrogens with one attached hydrogen (secondary N) is 2. The number of halogens is 1. The van der Waals surface area contributed by atoms with Crippen molar-refractivity contribution in [3.05, 3.63) is 40.6 Å². The van der Waals surface area contributed by atoms with Crippen molar-refractivity contribution in [3.8, 4) is 0 Å². The predicted molar refractivity (Wildman–Crippen MR) is 79.3 cm³/mol. The van der Waals surface area contributed by atoms with Gasteiger partial charge in [-0.05, 0) is 24.3 Å². The van der Waals surface area contributed by atoms with Gasteiger partial charge in [0, 0.05) is 30.1 Å². The number of hydrogen-bond acceptors (Lipinski definition) is 4. The molecule has 6 nitrogen and oxygen atoms in total. The van der Waals surface area contributed by atoms with Crippen LogP contribution in [0.5, 0.6) is 0 Å². The summed E-state index contributed by atoms with van der Waals surface area (Å²) in [5, 5.41) is 10.8. The Balaban J connectivity index is 1.92. The molecule has 104 valence electrons. The van der Waals surface area contributed by atoms with Crippen molar-refractivity contribution in [1.29, 1.82) is 0 Å². The van der Waals surface area contributed by atoms with Gasteiger partial charge < -0.3 is 10.3 Å². The fourth-order valence-corrected chi connectivity index (χ4v) is 1.78. The minimum atomic E-state index is -0.0420. The molecule has 2 aromatic rings. The molecule has 0 aliphatic carbocycles. The maximum Gasteiger partial charge on any atom is 0.246 e. The lowest BCUT2D eigenvalue weighted by Gasteiger charge is -1.98. The molecule has 0 spiro atoms. The lowest BCUT2D eigenvalue weighted by atomic mass is 10.3. The molecule has 20 heavy (non-hydrogen) atoms. The van der Waals surface area contributed by atoms with Crippen molar-refractivity contribution in [1.82, 2.24) is 15.3 Å². The highest BCUT2D eigenvalue weighted by atomic mass is 79.9. The van der Waals surface area contributed by atoms with Gasteiger partial charge in [-0.15, -0.1) is 10.2 Å². The van der Waals surface area contributed by atoms with Gasteiger partial charge in [-0.2, -0.15) is 0 Å². The van der Waals surface area contributed by atoms with Crippen LogP contribution in [0.4, 0.5) is 11.6 Å².